The molecule has 2 rings (SSSR count). The molecule has 1 heterocycles. The predicted molar refractivity (Wildman–Crippen MR) is 71.3 cm³/mol. The van der Waals surface area contributed by atoms with E-state index in [0.717, 1.165) is 12.6 Å². The molecule has 1 unspecified atom stereocenters. The molecule has 1 atom stereocenters. The number of likely N-dealkylation sites (tertiary alicyclic amines) is 1. The van der Waals surface area contributed by atoms with Crippen molar-refractivity contribution in [3.63, 3.8) is 0 Å². The minimum atomic E-state index is 0.102. The lowest BCUT2D eigenvalue weighted by molar-refractivity contribution is -0.0508. The molecule has 1 N–H and O–H groups in total. The van der Waals surface area contributed by atoms with Gasteiger partial charge in [0.15, 0.2) is 0 Å². The fourth-order valence-corrected chi connectivity index (χ4v) is 2.72. The lowest BCUT2D eigenvalue weighted by atomic mass is 9.94. The first kappa shape index (κ1) is 13.3. The van der Waals surface area contributed by atoms with Crippen molar-refractivity contribution in [3.05, 3.63) is 0 Å². The van der Waals surface area contributed by atoms with Gasteiger partial charge in [0.05, 0.1) is 5.60 Å². The van der Waals surface area contributed by atoms with Crippen LogP contribution in [0.4, 0.5) is 0 Å². The Labute approximate surface area is 106 Å². The molecule has 0 aromatic heterocycles. The van der Waals surface area contributed by atoms with Crippen LogP contribution < -0.4 is 5.32 Å². The summed E-state index contributed by atoms with van der Waals surface area (Å²) in [7, 11) is 1.85. The van der Waals surface area contributed by atoms with Crippen LogP contribution in [0.1, 0.15) is 45.4 Å². The van der Waals surface area contributed by atoms with E-state index in [2.05, 4.69) is 17.1 Å². The molecule has 1 saturated carbocycles. The van der Waals surface area contributed by atoms with Crippen LogP contribution in [-0.2, 0) is 4.74 Å². The molecule has 100 valence electrons. The third-order valence-electron chi connectivity index (χ3n) is 4.14. The number of unbranched alkanes of at least 4 members (excludes halogenated alkanes) is 1. The Morgan fingerprint density at radius 3 is 2.88 bits per heavy atom. The fourth-order valence-electron chi connectivity index (χ4n) is 2.72. The molecule has 2 aliphatic rings. The Kier molecular flexibility index (Phi) is 4.83. The Bertz CT molecular complexity index is 230. The summed E-state index contributed by atoms with van der Waals surface area (Å²) in [6.07, 6.45) is 7.93. The van der Waals surface area contributed by atoms with E-state index in [-0.39, 0.29) is 5.60 Å². The highest BCUT2D eigenvalue weighted by Crippen LogP contribution is 2.24. The van der Waals surface area contributed by atoms with Crippen LogP contribution in [0.25, 0.3) is 0 Å². The minimum Gasteiger partial charge on any atom is -0.377 e. The van der Waals surface area contributed by atoms with E-state index in [1.165, 1.54) is 58.2 Å². The zero-order valence-corrected chi connectivity index (χ0v) is 11.5. The molecule has 1 saturated heterocycles. The molecule has 1 aliphatic heterocycles. The highest BCUT2D eigenvalue weighted by atomic mass is 16.5. The maximum Gasteiger partial charge on any atom is 0.0777 e. The average Bonchev–Trinajstić information content (AvgIpc) is 3.13. The number of hydrogen-bond donors (Lipinski definition) is 1. The van der Waals surface area contributed by atoms with Gasteiger partial charge in [-0.3, -0.25) is 0 Å². The summed E-state index contributed by atoms with van der Waals surface area (Å²) in [5.41, 5.74) is 0.102. The highest BCUT2D eigenvalue weighted by molar-refractivity contribution is 4.84. The molecule has 3 nitrogen and oxygen atoms in total. The quantitative estimate of drug-likeness (QED) is 0.689. The molecule has 0 aromatic rings. The van der Waals surface area contributed by atoms with E-state index in [0.29, 0.717) is 0 Å². The van der Waals surface area contributed by atoms with Crippen molar-refractivity contribution in [3.8, 4) is 0 Å². The second kappa shape index (κ2) is 6.17. The van der Waals surface area contributed by atoms with Crippen LogP contribution in [0.15, 0.2) is 0 Å². The second-order valence-corrected chi connectivity index (χ2v) is 5.97. The molecule has 17 heavy (non-hydrogen) atoms. The summed E-state index contributed by atoms with van der Waals surface area (Å²) in [4.78, 5) is 2.57. The molecule has 0 radical (unpaired) electrons. The summed E-state index contributed by atoms with van der Waals surface area (Å²) in [5.74, 6) is 0. The number of nitrogens with one attached hydrogen (secondary N) is 1. The number of piperidine rings is 1. The lowest BCUT2D eigenvalue weighted by Crippen LogP contribution is -2.47. The van der Waals surface area contributed by atoms with Crippen LogP contribution in [-0.4, -0.2) is 49.8 Å². The van der Waals surface area contributed by atoms with Gasteiger partial charge in [-0.1, -0.05) is 0 Å². The standard InChI is InChI=1S/C14H28N2O/c1-14(17-2)8-5-11-16(12-14)10-4-3-9-15-13-6-7-13/h13,15H,3-12H2,1-2H3. The number of ether oxygens (including phenoxy) is 1. The molecule has 0 spiro atoms. The van der Waals surface area contributed by atoms with Crippen molar-refractivity contribution < 1.29 is 4.74 Å². The third kappa shape index (κ3) is 4.57. The molecule has 0 amide bonds. The lowest BCUT2D eigenvalue weighted by Gasteiger charge is -2.39. The van der Waals surface area contributed by atoms with Gasteiger partial charge in [-0.15, -0.1) is 0 Å². The Hall–Kier alpha value is -0.120. The average molecular weight is 240 g/mol. The normalized spacial score (nSPS) is 30.7. The molecule has 1 aliphatic carbocycles. The number of methoxy groups -OCH3 is 1. The first-order valence-electron chi connectivity index (χ1n) is 7.23. The van der Waals surface area contributed by atoms with Gasteiger partial charge in [-0.25, -0.2) is 0 Å². The van der Waals surface area contributed by atoms with E-state index in [9.17, 15) is 0 Å². The topological polar surface area (TPSA) is 24.5 Å². The van der Waals surface area contributed by atoms with Gasteiger partial charge in [0.25, 0.3) is 0 Å². The first-order chi connectivity index (χ1) is 8.22. The second-order valence-electron chi connectivity index (χ2n) is 5.97. The van der Waals surface area contributed by atoms with Gasteiger partial charge in [-0.2, -0.15) is 0 Å². The van der Waals surface area contributed by atoms with Crippen molar-refractivity contribution >= 4 is 0 Å². The van der Waals surface area contributed by atoms with E-state index in [4.69, 9.17) is 4.74 Å². The largest absolute Gasteiger partial charge is 0.377 e. The van der Waals surface area contributed by atoms with Crippen LogP contribution >= 0.6 is 0 Å². The van der Waals surface area contributed by atoms with E-state index >= 15 is 0 Å². The van der Waals surface area contributed by atoms with Crippen LogP contribution in [0.2, 0.25) is 0 Å². The summed E-state index contributed by atoms with van der Waals surface area (Å²) in [6.45, 7) is 7.06. The van der Waals surface area contributed by atoms with Gasteiger partial charge < -0.3 is 15.0 Å². The van der Waals surface area contributed by atoms with Crippen molar-refractivity contribution in [1.29, 1.82) is 0 Å². The van der Waals surface area contributed by atoms with E-state index in [1.807, 2.05) is 7.11 Å². The number of hydrogen-bond acceptors (Lipinski definition) is 3. The summed E-state index contributed by atoms with van der Waals surface area (Å²) in [5, 5.41) is 3.58. The molecule has 0 aromatic carbocycles. The number of nitrogens with zero attached hydrogens (tertiary/aromatic N) is 1. The SMILES string of the molecule is COC1(C)CCCN(CCCCNC2CC2)C1. The van der Waals surface area contributed by atoms with Crippen molar-refractivity contribution in [2.45, 2.75) is 57.1 Å². The Morgan fingerprint density at radius 2 is 2.18 bits per heavy atom. The summed E-state index contributed by atoms with van der Waals surface area (Å²) in [6, 6.07) is 0.863. The Balaban J connectivity index is 1.54. The third-order valence-corrected chi connectivity index (χ3v) is 4.14. The smallest absolute Gasteiger partial charge is 0.0777 e. The Morgan fingerprint density at radius 1 is 1.35 bits per heavy atom. The van der Waals surface area contributed by atoms with Crippen LogP contribution in [0.3, 0.4) is 0 Å². The summed E-state index contributed by atoms with van der Waals surface area (Å²) >= 11 is 0. The molecule has 2 fully saturated rings. The van der Waals surface area contributed by atoms with Gasteiger partial charge >= 0.3 is 0 Å². The predicted octanol–water partition coefficient (Wildman–Crippen LogP) is 2.02. The highest BCUT2D eigenvalue weighted by Gasteiger charge is 2.30. The van der Waals surface area contributed by atoms with Crippen LogP contribution in [0.5, 0.6) is 0 Å². The molecule has 3 heteroatoms. The first-order valence-corrected chi connectivity index (χ1v) is 7.23. The van der Waals surface area contributed by atoms with E-state index < -0.39 is 0 Å². The van der Waals surface area contributed by atoms with Gasteiger partial charge in [-0.05, 0) is 65.1 Å². The molecule has 0 bridgehead atoms. The van der Waals surface area contributed by atoms with Crippen molar-refractivity contribution in [1.82, 2.24) is 10.2 Å². The van der Waals surface area contributed by atoms with E-state index in [1.54, 1.807) is 0 Å². The fraction of sp³-hybridized carbons (Fsp3) is 1.00. The maximum atomic E-state index is 5.62. The molecular weight excluding hydrogens is 212 g/mol. The maximum absolute atomic E-state index is 5.62. The number of rotatable bonds is 7. The zero-order chi connectivity index (χ0) is 12.1. The van der Waals surface area contributed by atoms with Gasteiger partial charge in [0, 0.05) is 19.7 Å². The minimum absolute atomic E-state index is 0.102. The molecular formula is C14H28N2O. The van der Waals surface area contributed by atoms with Crippen LogP contribution in [0, 0.1) is 0 Å². The summed E-state index contributed by atoms with van der Waals surface area (Å²) < 4.78 is 5.62. The monoisotopic (exact) mass is 240 g/mol. The van der Waals surface area contributed by atoms with Gasteiger partial charge in [0.2, 0.25) is 0 Å². The zero-order valence-electron chi connectivity index (χ0n) is 11.5. The van der Waals surface area contributed by atoms with Crippen molar-refractivity contribution in [2.75, 3.05) is 33.3 Å². The van der Waals surface area contributed by atoms with Crippen molar-refractivity contribution in [2.24, 2.45) is 0 Å². The van der Waals surface area contributed by atoms with Gasteiger partial charge in [0.1, 0.15) is 0 Å².